The molecule has 0 aliphatic heterocycles. The first-order valence-corrected chi connectivity index (χ1v) is 3.56. The molecule has 14 heavy (non-hydrogen) atoms. The molecule has 6 heteroatoms. The molecule has 0 radical (unpaired) electrons. The van der Waals surface area contributed by atoms with Gasteiger partial charge < -0.3 is 5.11 Å². The number of carbonyl (C=O) groups excluding carboxylic acids is 2. The Balaban J connectivity index is 3.24. The average Bonchev–Trinajstić information content (AvgIpc) is 2.19. The van der Waals surface area contributed by atoms with Crippen LogP contribution in [-0.4, -0.2) is 17.3 Å². The third-order valence-electron chi connectivity index (χ3n) is 1.52. The Kier molecular flexibility index (Phi) is 2.83. The van der Waals surface area contributed by atoms with Crippen molar-refractivity contribution in [1.29, 1.82) is 0 Å². The van der Waals surface area contributed by atoms with Crippen LogP contribution in [0.15, 0.2) is 23.3 Å². The van der Waals surface area contributed by atoms with E-state index in [4.69, 9.17) is 5.53 Å². The van der Waals surface area contributed by atoms with Gasteiger partial charge in [-0.25, -0.2) is 0 Å². The number of rotatable bonds is 2. The first kappa shape index (κ1) is 9.76. The predicted octanol–water partition coefficient (Wildman–Crippen LogP) is 1.66. The first-order valence-electron chi connectivity index (χ1n) is 3.56. The predicted molar refractivity (Wildman–Crippen MR) is 47.0 cm³/mol. The highest BCUT2D eigenvalue weighted by Gasteiger charge is 2.09. The number of phenols is 1. The second kappa shape index (κ2) is 4.06. The molecule has 0 saturated carbocycles. The number of hydrogen-bond acceptors (Lipinski definition) is 3. The van der Waals surface area contributed by atoms with Crippen LogP contribution in [0, 0.1) is 0 Å². The van der Waals surface area contributed by atoms with Crippen LogP contribution in [0.4, 0.5) is 0 Å². The van der Waals surface area contributed by atoms with Crippen molar-refractivity contribution in [2.24, 2.45) is 5.11 Å². The molecule has 0 spiro atoms. The summed E-state index contributed by atoms with van der Waals surface area (Å²) in [6.07, 6.45) is 0.520. The lowest BCUT2D eigenvalue weighted by Gasteiger charge is -1.99. The fourth-order valence-corrected chi connectivity index (χ4v) is 0.893. The molecule has 6 nitrogen and oxygen atoms in total. The molecule has 0 fully saturated rings. The summed E-state index contributed by atoms with van der Waals surface area (Å²) < 4.78 is 0. The van der Waals surface area contributed by atoms with Crippen molar-refractivity contribution in [2.75, 3.05) is 0 Å². The molecule has 0 saturated heterocycles. The Morgan fingerprint density at radius 2 is 2.29 bits per heavy atom. The van der Waals surface area contributed by atoms with E-state index in [9.17, 15) is 14.7 Å². The minimum atomic E-state index is -0.923. The Bertz CT molecular complexity index is 435. The summed E-state index contributed by atoms with van der Waals surface area (Å²) in [5, 5.41) is 12.0. The highest BCUT2D eigenvalue weighted by Crippen LogP contribution is 2.18. The van der Waals surface area contributed by atoms with Gasteiger partial charge in [-0.05, 0) is 28.8 Å². The van der Waals surface area contributed by atoms with Gasteiger partial charge in [-0.1, -0.05) is 0 Å². The van der Waals surface area contributed by atoms with E-state index in [1.54, 1.807) is 0 Å². The van der Waals surface area contributed by atoms with E-state index in [0.29, 0.717) is 6.29 Å². The minimum absolute atomic E-state index is 0.188. The highest BCUT2D eigenvalue weighted by atomic mass is 16.3. The normalized spacial score (nSPS) is 8.86. The zero-order chi connectivity index (χ0) is 10.6. The fraction of sp³-hybridized carbons (Fsp3) is 0. The zero-order valence-corrected chi connectivity index (χ0v) is 6.91. The Labute approximate surface area is 78.4 Å². The summed E-state index contributed by atoms with van der Waals surface area (Å²) in [6, 6.07) is 3.68. The first-order chi connectivity index (χ1) is 6.69. The number of aldehydes is 1. The van der Waals surface area contributed by atoms with E-state index >= 15 is 0 Å². The Morgan fingerprint density at radius 3 is 2.86 bits per heavy atom. The smallest absolute Gasteiger partial charge is 0.252 e. The van der Waals surface area contributed by atoms with Crippen LogP contribution in [0.25, 0.3) is 10.4 Å². The summed E-state index contributed by atoms with van der Waals surface area (Å²) in [4.78, 5) is 23.7. The van der Waals surface area contributed by atoms with Crippen molar-refractivity contribution in [3.8, 4) is 5.75 Å². The number of hydrogen-bond donors (Lipinski definition) is 1. The van der Waals surface area contributed by atoms with Gasteiger partial charge in [0.15, 0.2) is 0 Å². The lowest BCUT2D eigenvalue weighted by Crippen LogP contribution is -1.95. The van der Waals surface area contributed by atoms with Gasteiger partial charge >= 0.3 is 0 Å². The minimum Gasteiger partial charge on any atom is -0.507 e. The van der Waals surface area contributed by atoms with E-state index in [0.717, 1.165) is 6.07 Å². The lowest BCUT2D eigenvalue weighted by molar-refractivity contribution is 0.0998. The molecule has 1 aromatic carbocycles. The molecular weight excluding hydrogens is 186 g/mol. The molecule has 1 N–H and O–H groups in total. The molecule has 0 unspecified atom stereocenters. The van der Waals surface area contributed by atoms with Gasteiger partial charge in [0.25, 0.3) is 5.91 Å². The second-order valence-corrected chi connectivity index (χ2v) is 2.39. The molecule has 70 valence electrons. The Hall–Kier alpha value is -2.33. The molecule has 0 aromatic heterocycles. The zero-order valence-electron chi connectivity index (χ0n) is 6.91. The van der Waals surface area contributed by atoms with Crippen molar-refractivity contribution in [2.45, 2.75) is 0 Å². The van der Waals surface area contributed by atoms with Crippen LogP contribution in [-0.2, 0) is 0 Å². The molecule has 0 bridgehead atoms. The SMILES string of the molecule is [N-]=[N+]=NC(=O)c1cc(C=O)ccc1O. The van der Waals surface area contributed by atoms with Gasteiger partial charge in [-0.3, -0.25) is 9.59 Å². The quantitative estimate of drug-likeness (QED) is 0.332. The second-order valence-electron chi connectivity index (χ2n) is 2.39. The van der Waals surface area contributed by atoms with Gasteiger partial charge in [-0.15, -0.1) is 0 Å². The monoisotopic (exact) mass is 191 g/mol. The van der Waals surface area contributed by atoms with Crippen molar-refractivity contribution in [1.82, 2.24) is 0 Å². The van der Waals surface area contributed by atoms with E-state index in [2.05, 4.69) is 10.0 Å². The molecule has 0 atom stereocenters. The summed E-state index contributed by atoms with van der Waals surface area (Å²) in [5.74, 6) is -1.25. The van der Waals surface area contributed by atoms with E-state index in [-0.39, 0.29) is 16.9 Å². The third-order valence-corrected chi connectivity index (χ3v) is 1.52. The number of phenolic OH excluding ortho intramolecular Hbond substituents is 1. The van der Waals surface area contributed by atoms with Crippen molar-refractivity contribution in [3.05, 3.63) is 39.8 Å². The highest BCUT2D eigenvalue weighted by molar-refractivity contribution is 5.98. The topological polar surface area (TPSA) is 103 Å². The van der Waals surface area contributed by atoms with Gasteiger partial charge in [0, 0.05) is 10.5 Å². The van der Waals surface area contributed by atoms with Crippen LogP contribution in [0.1, 0.15) is 20.7 Å². The molecule has 1 rings (SSSR count). The number of nitrogens with zero attached hydrogens (tertiary/aromatic N) is 3. The largest absolute Gasteiger partial charge is 0.507 e. The van der Waals surface area contributed by atoms with E-state index in [1.165, 1.54) is 12.1 Å². The number of aromatic hydroxyl groups is 1. The summed E-state index contributed by atoms with van der Waals surface area (Å²) >= 11 is 0. The van der Waals surface area contributed by atoms with Crippen molar-refractivity contribution < 1.29 is 14.7 Å². The number of benzene rings is 1. The number of amides is 1. The number of carbonyl (C=O) groups is 2. The molecule has 1 amide bonds. The lowest BCUT2D eigenvalue weighted by atomic mass is 10.1. The van der Waals surface area contributed by atoms with Crippen LogP contribution in [0.5, 0.6) is 5.75 Å². The fourth-order valence-electron chi connectivity index (χ4n) is 0.893. The van der Waals surface area contributed by atoms with Gasteiger partial charge in [0.1, 0.15) is 12.0 Å². The molecule has 0 aliphatic rings. The maximum atomic E-state index is 11.0. The van der Waals surface area contributed by atoms with E-state index in [1.807, 2.05) is 0 Å². The average molecular weight is 191 g/mol. The van der Waals surface area contributed by atoms with Crippen LogP contribution < -0.4 is 0 Å². The van der Waals surface area contributed by atoms with Crippen LogP contribution in [0.2, 0.25) is 0 Å². The molecule has 0 heterocycles. The van der Waals surface area contributed by atoms with Gasteiger partial charge in [-0.2, -0.15) is 0 Å². The summed E-state index contributed by atoms with van der Waals surface area (Å²) in [5.41, 5.74) is 8.04. The van der Waals surface area contributed by atoms with E-state index < -0.39 is 5.91 Å². The van der Waals surface area contributed by atoms with Crippen molar-refractivity contribution >= 4 is 12.2 Å². The summed E-state index contributed by atoms with van der Waals surface area (Å²) in [7, 11) is 0. The third kappa shape index (κ3) is 1.88. The molecule has 1 aromatic rings. The maximum absolute atomic E-state index is 11.0. The summed E-state index contributed by atoms with van der Waals surface area (Å²) in [6.45, 7) is 0. The van der Waals surface area contributed by atoms with Gasteiger partial charge in [0.2, 0.25) is 0 Å². The maximum Gasteiger partial charge on any atom is 0.252 e. The van der Waals surface area contributed by atoms with Gasteiger partial charge in [0.05, 0.1) is 5.56 Å². The van der Waals surface area contributed by atoms with Crippen molar-refractivity contribution in [3.63, 3.8) is 0 Å². The molecule has 0 aliphatic carbocycles. The van der Waals surface area contributed by atoms with Crippen LogP contribution >= 0.6 is 0 Å². The molecular formula is C8H5N3O3. The van der Waals surface area contributed by atoms with Crippen LogP contribution in [0.3, 0.4) is 0 Å². The Morgan fingerprint density at radius 1 is 1.57 bits per heavy atom. The standard InChI is InChI=1S/C8H5N3O3/c9-11-10-8(14)6-3-5(4-12)1-2-7(6)13/h1-4,13H. The number of azide groups is 1.